The van der Waals surface area contributed by atoms with Crippen molar-refractivity contribution in [1.82, 2.24) is 4.90 Å². The number of rotatable bonds is 8. The fraction of sp³-hybridized carbons (Fsp3) is 0.409. The standard InChI is InChI=1S/C22H26FN3O4/c1-30-21-12-11-19(26(28)29)13-20(21)24-22(27)15-25(18-5-3-2-4-6-18)14-16-7-9-17(23)10-8-16/h7-13,18H,2-6,14-15H2,1H3,(H,24,27). The van der Waals surface area contributed by atoms with E-state index in [4.69, 9.17) is 4.74 Å². The Morgan fingerprint density at radius 2 is 1.90 bits per heavy atom. The van der Waals surface area contributed by atoms with Crippen LogP contribution in [0.25, 0.3) is 0 Å². The first-order chi connectivity index (χ1) is 14.5. The Labute approximate surface area is 175 Å². The molecule has 1 N–H and O–H groups in total. The molecule has 1 saturated carbocycles. The molecule has 3 rings (SSSR count). The van der Waals surface area contributed by atoms with Gasteiger partial charge in [-0.3, -0.25) is 19.8 Å². The molecule has 160 valence electrons. The number of hydrogen-bond acceptors (Lipinski definition) is 5. The van der Waals surface area contributed by atoms with E-state index in [9.17, 15) is 19.3 Å². The quantitative estimate of drug-likeness (QED) is 0.506. The summed E-state index contributed by atoms with van der Waals surface area (Å²) in [5, 5.41) is 13.8. The lowest BCUT2D eigenvalue weighted by Crippen LogP contribution is -2.41. The summed E-state index contributed by atoms with van der Waals surface area (Å²) < 4.78 is 18.5. The number of nitrogens with one attached hydrogen (secondary N) is 1. The summed E-state index contributed by atoms with van der Waals surface area (Å²) in [6.45, 7) is 0.665. The van der Waals surface area contributed by atoms with E-state index in [1.54, 1.807) is 12.1 Å². The third kappa shape index (κ3) is 5.76. The molecule has 8 heteroatoms. The number of carbonyl (C=O) groups excluding carboxylic acids is 1. The van der Waals surface area contributed by atoms with Gasteiger partial charge < -0.3 is 10.1 Å². The number of non-ortho nitro benzene ring substituents is 1. The van der Waals surface area contributed by atoms with Gasteiger partial charge in [-0.2, -0.15) is 0 Å². The SMILES string of the molecule is COc1ccc([N+](=O)[O-])cc1NC(=O)CN(Cc1ccc(F)cc1)C1CCCCC1. The second-order valence-electron chi connectivity index (χ2n) is 7.51. The molecule has 0 saturated heterocycles. The molecule has 30 heavy (non-hydrogen) atoms. The van der Waals surface area contributed by atoms with Gasteiger partial charge in [-0.05, 0) is 36.6 Å². The minimum Gasteiger partial charge on any atom is -0.495 e. The van der Waals surface area contributed by atoms with Crippen molar-refractivity contribution in [2.45, 2.75) is 44.7 Å². The Hall–Kier alpha value is -3.00. The average Bonchev–Trinajstić information content (AvgIpc) is 2.75. The number of amides is 1. The highest BCUT2D eigenvalue weighted by Gasteiger charge is 2.24. The number of methoxy groups -OCH3 is 1. The van der Waals surface area contributed by atoms with Crippen LogP contribution in [0.1, 0.15) is 37.7 Å². The molecule has 0 aliphatic heterocycles. The highest BCUT2D eigenvalue weighted by atomic mass is 19.1. The number of nitrogens with zero attached hydrogens (tertiary/aromatic N) is 2. The molecule has 1 fully saturated rings. The highest BCUT2D eigenvalue weighted by molar-refractivity contribution is 5.94. The second-order valence-corrected chi connectivity index (χ2v) is 7.51. The van der Waals surface area contributed by atoms with Crippen molar-refractivity contribution in [2.24, 2.45) is 0 Å². The number of benzene rings is 2. The van der Waals surface area contributed by atoms with Crippen LogP contribution >= 0.6 is 0 Å². The van der Waals surface area contributed by atoms with Gasteiger partial charge in [0.1, 0.15) is 11.6 Å². The van der Waals surface area contributed by atoms with Crippen LogP contribution in [0.4, 0.5) is 15.8 Å². The summed E-state index contributed by atoms with van der Waals surface area (Å²) in [5.74, 6) is -0.211. The molecule has 0 spiro atoms. The minimum atomic E-state index is -0.516. The summed E-state index contributed by atoms with van der Waals surface area (Å²) >= 11 is 0. The van der Waals surface area contributed by atoms with Gasteiger partial charge in [0.2, 0.25) is 5.91 Å². The number of hydrogen-bond donors (Lipinski definition) is 1. The van der Waals surface area contributed by atoms with E-state index < -0.39 is 4.92 Å². The molecule has 2 aromatic carbocycles. The Morgan fingerprint density at radius 3 is 2.53 bits per heavy atom. The van der Waals surface area contributed by atoms with E-state index in [2.05, 4.69) is 10.2 Å². The van der Waals surface area contributed by atoms with Crippen molar-refractivity contribution in [3.63, 3.8) is 0 Å². The minimum absolute atomic E-state index is 0.124. The van der Waals surface area contributed by atoms with Crippen LogP contribution in [-0.4, -0.2) is 35.4 Å². The molecule has 1 aliphatic rings. The van der Waals surface area contributed by atoms with E-state index in [-0.39, 0.29) is 35.7 Å². The van der Waals surface area contributed by atoms with Crippen LogP contribution in [0.15, 0.2) is 42.5 Å². The first-order valence-electron chi connectivity index (χ1n) is 10.1. The normalized spacial score (nSPS) is 14.5. The maximum atomic E-state index is 13.3. The van der Waals surface area contributed by atoms with E-state index >= 15 is 0 Å². The van der Waals surface area contributed by atoms with Gasteiger partial charge >= 0.3 is 0 Å². The fourth-order valence-corrected chi connectivity index (χ4v) is 3.87. The number of halogens is 1. The third-order valence-electron chi connectivity index (χ3n) is 5.40. The van der Waals surface area contributed by atoms with Crippen LogP contribution in [0.2, 0.25) is 0 Å². The van der Waals surface area contributed by atoms with Gasteiger partial charge in [0, 0.05) is 24.7 Å². The summed E-state index contributed by atoms with van der Waals surface area (Å²) in [5.41, 5.74) is 1.08. The lowest BCUT2D eigenvalue weighted by Gasteiger charge is -2.34. The van der Waals surface area contributed by atoms with Crippen LogP contribution in [-0.2, 0) is 11.3 Å². The maximum Gasteiger partial charge on any atom is 0.271 e. The first kappa shape index (κ1) is 21.7. The molecular formula is C22H26FN3O4. The molecule has 0 atom stereocenters. The largest absolute Gasteiger partial charge is 0.495 e. The summed E-state index contributed by atoms with van der Waals surface area (Å²) in [6.07, 6.45) is 5.44. The van der Waals surface area contributed by atoms with Crippen LogP contribution in [0, 0.1) is 15.9 Å². The van der Waals surface area contributed by atoms with E-state index in [0.29, 0.717) is 12.3 Å². The summed E-state index contributed by atoms with van der Waals surface area (Å²) in [4.78, 5) is 25.5. The van der Waals surface area contributed by atoms with Crippen molar-refractivity contribution in [1.29, 1.82) is 0 Å². The van der Waals surface area contributed by atoms with Crippen LogP contribution in [0.3, 0.4) is 0 Å². The number of anilines is 1. The number of nitro groups is 1. The molecule has 0 aromatic heterocycles. The van der Waals surface area contributed by atoms with Crippen molar-refractivity contribution < 1.29 is 18.8 Å². The first-order valence-corrected chi connectivity index (χ1v) is 10.1. The Balaban J connectivity index is 1.74. The van der Waals surface area contributed by atoms with Gasteiger partial charge in [-0.1, -0.05) is 31.4 Å². The predicted octanol–water partition coefficient (Wildman–Crippen LogP) is 4.52. The molecule has 0 radical (unpaired) electrons. The number of nitro benzene ring substituents is 1. The molecule has 7 nitrogen and oxygen atoms in total. The van der Waals surface area contributed by atoms with E-state index in [0.717, 1.165) is 31.2 Å². The highest BCUT2D eigenvalue weighted by Crippen LogP contribution is 2.29. The van der Waals surface area contributed by atoms with Gasteiger partial charge in [-0.25, -0.2) is 4.39 Å². The maximum absolute atomic E-state index is 13.3. The van der Waals surface area contributed by atoms with Crippen molar-refractivity contribution in [3.8, 4) is 5.75 Å². The topological polar surface area (TPSA) is 84.7 Å². The number of carbonyl (C=O) groups is 1. The molecule has 0 bridgehead atoms. The monoisotopic (exact) mass is 415 g/mol. The zero-order valence-electron chi connectivity index (χ0n) is 17.0. The van der Waals surface area contributed by atoms with E-state index in [1.165, 1.54) is 43.9 Å². The van der Waals surface area contributed by atoms with Crippen LogP contribution < -0.4 is 10.1 Å². The summed E-state index contributed by atoms with van der Waals surface area (Å²) in [6, 6.07) is 10.6. The van der Waals surface area contributed by atoms with E-state index in [1.807, 2.05) is 0 Å². The molecule has 2 aromatic rings. The van der Waals surface area contributed by atoms with Crippen molar-refractivity contribution in [3.05, 3.63) is 64.0 Å². The predicted molar refractivity (Wildman–Crippen MR) is 112 cm³/mol. The zero-order valence-corrected chi connectivity index (χ0v) is 17.0. The van der Waals surface area contributed by atoms with Gasteiger partial charge in [0.05, 0.1) is 24.3 Å². The molecule has 0 unspecified atom stereocenters. The lowest BCUT2D eigenvalue weighted by molar-refractivity contribution is -0.384. The smallest absolute Gasteiger partial charge is 0.271 e. The van der Waals surface area contributed by atoms with Gasteiger partial charge in [0.15, 0.2) is 0 Å². The summed E-state index contributed by atoms with van der Waals surface area (Å²) in [7, 11) is 1.44. The molecule has 1 aliphatic carbocycles. The fourth-order valence-electron chi connectivity index (χ4n) is 3.87. The Morgan fingerprint density at radius 1 is 1.20 bits per heavy atom. The second kappa shape index (κ2) is 10.2. The molecule has 0 heterocycles. The van der Waals surface area contributed by atoms with Crippen molar-refractivity contribution in [2.75, 3.05) is 19.0 Å². The van der Waals surface area contributed by atoms with Crippen molar-refractivity contribution >= 4 is 17.3 Å². The number of ether oxygens (including phenoxy) is 1. The van der Waals surface area contributed by atoms with Gasteiger partial charge in [0.25, 0.3) is 5.69 Å². The molecular weight excluding hydrogens is 389 g/mol. The molecule has 1 amide bonds. The third-order valence-corrected chi connectivity index (χ3v) is 5.40. The Kier molecular flexibility index (Phi) is 7.35. The van der Waals surface area contributed by atoms with Crippen LogP contribution in [0.5, 0.6) is 5.75 Å². The van der Waals surface area contributed by atoms with Gasteiger partial charge in [-0.15, -0.1) is 0 Å². The average molecular weight is 415 g/mol. The lowest BCUT2D eigenvalue weighted by atomic mass is 9.93. The zero-order chi connectivity index (χ0) is 21.5. The Bertz CT molecular complexity index is 882.